The molecule has 0 bridgehead atoms. The average Bonchev–Trinajstić information content (AvgIpc) is 2.41. The molecule has 0 radical (unpaired) electrons. The normalized spacial score (nSPS) is 10.7. The number of nitrogen functional groups attached to an aromatic ring is 1. The number of nitrogens with zero attached hydrogens (tertiary/aromatic N) is 3. The second-order valence-corrected chi connectivity index (χ2v) is 4.70. The molecule has 0 fully saturated rings. The van der Waals surface area contributed by atoms with Gasteiger partial charge in [0, 0.05) is 12.7 Å². The first-order valence-electron chi connectivity index (χ1n) is 6.16. The molecule has 0 aliphatic heterocycles. The molecule has 0 aromatic carbocycles. The molecular weight excluding hydrogens is 296 g/mol. The summed E-state index contributed by atoms with van der Waals surface area (Å²) < 4.78 is 0.837. The summed E-state index contributed by atoms with van der Waals surface area (Å²) in [6.45, 7) is 8.50. The molecule has 0 aliphatic carbocycles. The lowest BCUT2D eigenvalue weighted by Crippen LogP contribution is -2.25. The standard InChI is InChI=1S/C11H21BrN6/c1-3-18(4-2)7-5-6-14-10-9(12)8-15-11(16-10)17-13/h8H,3-7,13H2,1-2H3,(H2,14,15,16,17). The molecule has 0 unspecified atom stereocenters. The van der Waals surface area contributed by atoms with Crippen molar-refractivity contribution in [3.05, 3.63) is 10.7 Å². The molecular formula is C11H21BrN6. The highest BCUT2D eigenvalue weighted by atomic mass is 79.9. The molecule has 4 N–H and O–H groups in total. The summed E-state index contributed by atoms with van der Waals surface area (Å²) in [7, 11) is 0. The summed E-state index contributed by atoms with van der Waals surface area (Å²) in [6.07, 6.45) is 2.75. The average molecular weight is 317 g/mol. The monoisotopic (exact) mass is 316 g/mol. The van der Waals surface area contributed by atoms with Crippen molar-refractivity contribution in [3.8, 4) is 0 Å². The van der Waals surface area contributed by atoms with E-state index in [-0.39, 0.29) is 0 Å². The topological polar surface area (TPSA) is 79.1 Å². The second-order valence-electron chi connectivity index (χ2n) is 3.84. The molecule has 1 aromatic rings. The van der Waals surface area contributed by atoms with Gasteiger partial charge in [0.1, 0.15) is 5.82 Å². The van der Waals surface area contributed by atoms with Crippen molar-refractivity contribution in [2.24, 2.45) is 5.84 Å². The van der Waals surface area contributed by atoms with Gasteiger partial charge in [0.2, 0.25) is 5.95 Å². The van der Waals surface area contributed by atoms with Crippen LogP contribution in [0.4, 0.5) is 11.8 Å². The van der Waals surface area contributed by atoms with Crippen LogP contribution in [0.3, 0.4) is 0 Å². The molecule has 18 heavy (non-hydrogen) atoms. The number of hydrogen-bond acceptors (Lipinski definition) is 6. The van der Waals surface area contributed by atoms with E-state index < -0.39 is 0 Å². The first-order chi connectivity index (χ1) is 8.71. The van der Waals surface area contributed by atoms with E-state index in [1.54, 1.807) is 6.20 Å². The number of rotatable bonds is 8. The Balaban J connectivity index is 2.39. The summed E-state index contributed by atoms with van der Waals surface area (Å²) in [4.78, 5) is 10.6. The number of hydrogen-bond donors (Lipinski definition) is 3. The third-order valence-electron chi connectivity index (χ3n) is 2.71. The largest absolute Gasteiger partial charge is 0.369 e. The molecule has 0 atom stereocenters. The van der Waals surface area contributed by atoms with Crippen LogP contribution in [0.15, 0.2) is 10.7 Å². The van der Waals surface area contributed by atoms with E-state index in [0.717, 1.165) is 42.9 Å². The fourth-order valence-electron chi connectivity index (χ4n) is 1.61. The van der Waals surface area contributed by atoms with Gasteiger partial charge in [-0.05, 0) is 42.0 Å². The van der Waals surface area contributed by atoms with Gasteiger partial charge < -0.3 is 10.2 Å². The highest BCUT2D eigenvalue weighted by Crippen LogP contribution is 2.19. The molecule has 7 heteroatoms. The molecule has 1 heterocycles. The Kier molecular flexibility index (Phi) is 6.92. The zero-order valence-corrected chi connectivity index (χ0v) is 12.5. The van der Waals surface area contributed by atoms with Gasteiger partial charge in [0.05, 0.1) is 4.47 Å². The predicted molar refractivity (Wildman–Crippen MR) is 78.4 cm³/mol. The molecule has 0 saturated heterocycles. The Labute approximate surface area is 116 Å². The second kappa shape index (κ2) is 8.23. The molecule has 0 amide bonds. The van der Waals surface area contributed by atoms with Gasteiger partial charge in [-0.25, -0.2) is 10.8 Å². The van der Waals surface area contributed by atoms with Crippen molar-refractivity contribution in [2.45, 2.75) is 20.3 Å². The van der Waals surface area contributed by atoms with Crippen LogP contribution in [0, 0.1) is 0 Å². The molecule has 0 aliphatic rings. The third-order valence-corrected chi connectivity index (χ3v) is 3.29. The van der Waals surface area contributed by atoms with E-state index in [2.05, 4.69) is 55.4 Å². The fraction of sp³-hybridized carbons (Fsp3) is 0.636. The number of nitrogens with one attached hydrogen (secondary N) is 2. The van der Waals surface area contributed by atoms with Gasteiger partial charge in [-0.15, -0.1) is 0 Å². The SMILES string of the molecule is CCN(CC)CCCNc1nc(NN)ncc1Br. The minimum absolute atomic E-state index is 0.407. The van der Waals surface area contributed by atoms with E-state index in [1.165, 1.54) is 0 Å². The molecule has 6 nitrogen and oxygen atoms in total. The first kappa shape index (κ1) is 15.1. The van der Waals surface area contributed by atoms with Crippen molar-refractivity contribution in [1.29, 1.82) is 0 Å². The maximum absolute atomic E-state index is 5.27. The summed E-state index contributed by atoms with van der Waals surface area (Å²) in [5.74, 6) is 6.44. The van der Waals surface area contributed by atoms with Gasteiger partial charge in [-0.1, -0.05) is 13.8 Å². The number of nitrogens with two attached hydrogens (primary N) is 1. The van der Waals surface area contributed by atoms with Crippen LogP contribution in [0.5, 0.6) is 0 Å². The van der Waals surface area contributed by atoms with Crippen LogP contribution in [0.25, 0.3) is 0 Å². The fourth-order valence-corrected chi connectivity index (χ4v) is 1.94. The molecule has 0 spiro atoms. The minimum Gasteiger partial charge on any atom is -0.369 e. The quantitative estimate of drug-likeness (QED) is 0.384. The first-order valence-corrected chi connectivity index (χ1v) is 6.95. The Morgan fingerprint density at radius 2 is 2.11 bits per heavy atom. The molecule has 1 aromatic heterocycles. The van der Waals surface area contributed by atoms with Crippen LogP contribution in [0.2, 0.25) is 0 Å². The van der Waals surface area contributed by atoms with E-state index in [0.29, 0.717) is 5.95 Å². The van der Waals surface area contributed by atoms with Gasteiger partial charge >= 0.3 is 0 Å². The summed E-state index contributed by atoms with van der Waals surface area (Å²) in [5, 5.41) is 3.27. The third kappa shape index (κ3) is 4.75. The van der Waals surface area contributed by atoms with Crippen LogP contribution < -0.4 is 16.6 Å². The van der Waals surface area contributed by atoms with Gasteiger partial charge in [0.15, 0.2) is 0 Å². The number of anilines is 2. The Morgan fingerprint density at radius 1 is 1.39 bits per heavy atom. The van der Waals surface area contributed by atoms with Crippen molar-refractivity contribution < 1.29 is 0 Å². The van der Waals surface area contributed by atoms with Crippen LogP contribution >= 0.6 is 15.9 Å². The molecule has 102 valence electrons. The highest BCUT2D eigenvalue weighted by Gasteiger charge is 2.04. The predicted octanol–water partition coefficient (Wildman–Crippen LogP) is 1.67. The summed E-state index contributed by atoms with van der Waals surface area (Å²) in [6, 6.07) is 0. The zero-order valence-electron chi connectivity index (χ0n) is 10.9. The lowest BCUT2D eigenvalue weighted by Gasteiger charge is -2.18. The number of aromatic nitrogens is 2. The van der Waals surface area contributed by atoms with Gasteiger partial charge in [-0.2, -0.15) is 4.98 Å². The zero-order chi connectivity index (χ0) is 13.4. The molecule has 1 rings (SSSR count). The minimum atomic E-state index is 0.407. The Morgan fingerprint density at radius 3 is 2.72 bits per heavy atom. The number of halogens is 1. The summed E-state index contributed by atoms with van der Waals surface area (Å²) >= 11 is 3.40. The number of hydrazine groups is 1. The smallest absolute Gasteiger partial charge is 0.239 e. The lowest BCUT2D eigenvalue weighted by molar-refractivity contribution is 0.303. The Bertz CT molecular complexity index is 355. The van der Waals surface area contributed by atoms with Crippen LogP contribution in [-0.4, -0.2) is 41.0 Å². The van der Waals surface area contributed by atoms with Crippen molar-refractivity contribution >= 4 is 27.7 Å². The van der Waals surface area contributed by atoms with Crippen LogP contribution in [0.1, 0.15) is 20.3 Å². The van der Waals surface area contributed by atoms with Crippen LogP contribution in [-0.2, 0) is 0 Å². The maximum atomic E-state index is 5.27. The van der Waals surface area contributed by atoms with Crippen molar-refractivity contribution in [1.82, 2.24) is 14.9 Å². The van der Waals surface area contributed by atoms with E-state index in [1.807, 2.05) is 0 Å². The lowest BCUT2D eigenvalue weighted by atomic mass is 10.3. The molecule has 0 saturated carbocycles. The highest BCUT2D eigenvalue weighted by molar-refractivity contribution is 9.10. The van der Waals surface area contributed by atoms with Crippen molar-refractivity contribution in [3.63, 3.8) is 0 Å². The Hall–Kier alpha value is -0.920. The van der Waals surface area contributed by atoms with Gasteiger partial charge in [-0.3, -0.25) is 5.43 Å². The van der Waals surface area contributed by atoms with E-state index in [9.17, 15) is 0 Å². The maximum Gasteiger partial charge on any atom is 0.239 e. The van der Waals surface area contributed by atoms with E-state index in [4.69, 9.17) is 5.84 Å². The van der Waals surface area contributed by atoms with Gasteiger partial charge in [0.25, 0.3) is 0 Å². The summed E-state index contributed by atoms with van der Waals surface area (Å²) in [5.41, 5.74) is 2.43. The van der Waals surface area contributed by atoms with E-state index >= 15 is 0 Å². The van der Waals surface area contributed by atoms with Crippen molar-refractivity contribution in [2.75, 3.05) is 36.9 Å².